The number of hydrogen-bond donors (Lipinski definition) is 1. The van der Waals surface area contributed by atoms with Crippen molar-refractivity contribution >= 4 is 18.4 Å². The Morgan fingerprint density at radius 3 is 2.60 bits per heavy atom. The molecule has 1 N–H and O–H groups in total. The molecule has 0 aliphatic rings. The zero-order valence-corrected chi connectivity index (χ0v) is 10.7. The van der Waals surface area contributed by atoms with E-state index in [2.05, 4.69) is 4.98 Å². The molecule has 0 saturated carbocycles. The fourth-order valence-electron chi connectivity index (χ4n) is 1.63. The molecule has 1 aromatic carbocycles. The van der Waals surface area contributed by atoms with Gasteiger partial charge in [0.1, 0.15) is 0 Å². The molecular formula is C15H12FNO3. The van der Waals surface area contributed by atoms with Crippen LogP contribution in [0.1, 0.15) is 21.5 Å². The molecule has 0 unspecified atom stereocenters. The second-order valence-corrected chi connectivity index (χ2v) is 4.03. The van der Waals surface area contributed by atoms with Crippen molar-refractivity contribution in [3.05, 3.63) is 53.0 Å². The Balaban J connectivity index is 2.26. The molecule has 0 amide bonds. The number of aromatic hydroxyl groups is 1. The summed E-state index contributed by atoms with van der Waals surface area (Å²) >= 11 is 0. The third kappa shape index (κ3) is 3.00. The minimum Gasteiger partial charge on any atom is -0.504 e. The number of ether oxygens (including phenoxy) is 1. The van der Waals surface area contributed by atoms with Gasteiger partial charge in [0.05, 0.1) is 12.7 Å². The minimum atomic E-state index is -0.831. The molecule has 2 aromatic rings. The molecule has 0 aliphatic carbocycles. The summed E-state index contributed by atoms with van der Waals surface area (Å²) in [5.41, 5.74) is 1.18. The van der Waals surface area contributed by atoms with Crippen LogP contribution in [0.4, 0.5) is 4.39 Å². The van der Waals surface area contributed by atoms with E-state index in [-0.39, 0.29) is 5.56 Å². The van der Waals surface area contributed by atoms with Crippen LogP contribution in [-0.4, -0.2) is 23.5 Å². The average Bonchev–Trinajstić information content (AvgIpc) is 2.48. The van der Waals surface area contributed by atoms with Crippen LogP contribution in [0.15, 0.2) is 30.5 Å². The molecule has 0 aliphatic heterocycles. The fraction of sp³-hybridized carbons (Fsp3) is 0.0667. The van der Waals surface area contributed by atoms with Gasteiger partial charge in [-0.25, -0.2) is 9.37 Å². The number of methoxy groups -OCH3 is 1. The van der Waals surface area contributed by atoms with E-state index >= 15 is 0 Å². The van der Waals surface area contributed by atoms with Crippen molar-refractivity contribution in [1.29, 1.82) is 0 Å². The number of nitrogens with zero attached hydrogens (tertiary/aromatic N) is 1. The predicted octanol–water partition coefficient (Wildman–Crippen LogP) is 2.92. The Hall–Kier alpha value is -2.69. The number of rotatable bonds is 4. The lowest BCUT2D eigenvalue weighted by Gasteiger charge is -2.01. The average molecular weight is 273 g/mol. The number of pyridine rings is 1. The molecule has 5 heteroatoms. The van der Waals surface area contributed by atoms with Crippen LogP contribution in [0, 0.1) is 5.82 Å². The number of halogens is 1. The Morgan fingerprint density at radius 2 is 2.00 bits per heavy atom. The maximum absolute atomic E-state index is 13.4. The molecule has 2 rings (SSSR count). The molecule has 4 nitrogen and oxygen atoms in total. The van der Waals surface area contributed by atoms with E-state index in [0.717, 1.165) is 11.6 Å². The van der Waals surface area contributed by atoms with E-state index in [1.54, 1.807) is 30.5 Å². The zero-order valence-electron chi connectivity index (χ0n) is 10.7. The van der Waals surface area contributed by atoms with Gasteiger partial charge in [0.15, 0.2) is 17.9 Å². The molecular weight excluding hydrogens is 261 g/mol. The number of phenols is 1. The van der Waals surface area contributed by atoms with Gasteiger partial charge < -0.3 is 9.84 Å². The molecule has 0 radical (unpaired) electrons. The van der Waals surface area contributed by atoms with Gasteiger partial charge in [-0.05, 0) is 29.3 Å². The highest BCUT2D eigenvalue weighted by molar-refractivity contribution is 5.82. The molecule has 1 aromatic heterocycles. The number of aromatic nitrogens is 1. The first kappa shape index (κ1) is 13.7. The van der Waals surface area contributed by atoms with Crippen molar-refractivity contribution in [3.63, 3.8) is 0 Å². The van der Waals surface area contributed by atoms with Crippen molar-refractivity contribution in [1.82, 2.24) is 4.98 Å². The van der Waals surface area contributed by atoms with Gasteiger partial charge in [-0.2, -0.15) is 0 Å². The van der Waals surface area contributed by atoms with Crippen LogP contribution in [0.2, 0.25) is 0 Å². The molecule has 0 fully saturated rings. The van der Waals surface area contributed by atoms with Gasteiger partial charge in [0.2, 0.25) is 5.88 Å². The molecule has 102 valence electrons. The van der Waals surface area contributed by atoms with Crippen LogP contribution in [-0.2, 0) is 0 Å². The molecule has 0 bridgehead atoms. The summed E-state index contributed by atoms with van der Waals surface area (Å²) < 4.78 is 18.3. The van der Waals surface area contributed by atoms with Crippen LogP contribution in [0.3, 0.4) is 0 Å². The highest BCUT2D eigenvalue weighted by Crippen LogP contribution is 2.22. The highest BCUT2D eigenvalue weighted by atomic mass is 19.1. The van der Waals surface area contributed by atoms with Gasteiger partial charge in [-0.1, -0.05) is 12.2 Å². The maximum atomic E-state index is 13.4. The Morgan fingerprint density at radius 1 is 1.25 bits per heavy atom. The third-order valence-electron chi connectivity index (χ3n) is 2.68. The van der Waals surface area contributed by atoms with Crippen molar-refractivity contribution in [2.45, 2.75) is 0 Å². The Kier molecular flexibility index (Phi) is 4.10. The molecule has 0 atom stereocenters. The molecule has 0 spiro atoms. The number of aldehydes is 1. The summed E-state index contributed by atoms with van der Waals surface area (Å²) in [5, 5.41) is 9.31. The van der Waals surface area contributed by atoms with Gasteiger partial charge in [-0.3, -0.25) is 4.79 Å². The van der Waals surface area contributed by atoms with E-state index in [9.17, 15) is 14.3 Å². The van der Waals surface area contributed by atoms with Crippen molar-refractivity contribution in [2.24, 2.45) is 0 Å². The van der Waals surface area contributed by atoms with Gasteiger partial charge in [0.25, 0.3) is 0 Å². The largest absolute Gasteiger partial charge is 0.504 e. The van der Waals surface area contributed by atoms with Crippen LogP contribution in [0.25, 0.3) is 12.2 Å². The number of hydrogen-bond acceptors (Lipinski definition) is 4. The summed E-state index contributed by atoms with van der Waals surface area (Å²) in [6, 6.07) is 6.04. The number of benzene rings is 1. The minimum absolute atomic E-state index is 0.0856. The standard InChI is InChI=1S/C15H12FNO3/c1-20-14-5-4-10(8-17-14)2-3-11-6-12(9-18)15(19)13(16)7-11/h2-9,19H,1H3/b3-2+. The Labute approximate surface area is 115 Å². The first-order valence-corrected chi connectivity index (χ1v) is 5.80. The summed E-state index contributed by atoms with van der Waals surface area (Å²) in [6.07, 6.45) is 5.35. The second kappa shape index (κ2) is 5.97. The lowest BCUT2D eigenvalue weighted by molar-refractivity contribution is 0.112. The molecule has 0 saturated heterocycles. The van der Waals surface area contributed by atoms with Crippen LogP contribution < -0.4 is 4.74 Å². The quantitative estimate of drug-likeness (QED) is 0.870. The normalized spacial score (nSPS) is 10.7. The lowest BCUT2D eigenvalue weighted by Crippen LogP contribution is -1.88. The summed E-state index contributed by atoms with van der Waals surface area (Å²) in [7, 11) is 1.53. The monoisotopic (exact) mass is 273 g/mol. The first-order chi connectivity index (χ1) is 9.63. The van der Waals surface area contributed by atoms with E-state index < -0.39 is 11.6 Å². The fourth-order valence-corrected chi connectivity index (χ4v) is 1.63. The zero-order chi connectivity index (χ0) is 14.5. The Bertz CT molecular complexity index is 651. The summed E-state index contributed by atoms with van der Waals surface area (Å²) in [4.78, 5) is 14.7. The lowest BCUT2D eigenvalue weighted by atomic mass is 10.1. The van der Waals surface area contributed by atoms with Crippen LogP contribution >= 0.6 is 0 Å². The van der Waals surface area contributed by atoms with E-state index in [1.807, 2.05) is 0 Å². The van der Waals surface area contributed by atoms with Crippen molar-refractivity contribution in [2.75, 3.05) is 7.11 Å². The molecule has 20 heavy (non-hydrogen) atoms. The van der Waals surface area contributed by atoms with E-state index in [0.29, 0.717) is 17.7 Å². The second-order valence-electron chi connectivity index (χ2n) is 4.03. The number of phenolic OH excluding ortho intramolecular Hbond substituents is 1. The third-order valence-corrected chi connectivity index (χ3v) is 2.68. The van der Waals surface area contributed by atoms with Gasteiger partial charge >= 0.3 is 0 Å². The predicted molar refractivity (Wildman–Crippen MR) is 73.2 cm³/mol. The van der Waals surface area contributed by atoms with Gasteiger partial charge in [-0.15, -0.1) is 0 Å². The summed E-state index contributed by atoms with van der Waals surface area (Å²) in [6.45, 7) is 0. The number of carbonyl (C=O) groups is 1. The van der Waals surface area contributed by atoms with E-state index in [1.165, 1.54) is 13.2 Å². The maximum Gasteiger partial charge on any atom is 0.212 e. The van der Waals surface area contributed by atoms with Gasteiger partial charge in [0, 0.05) is 12.3 Å². The van der Waals surface area contributed by atoms with Crippen molar-refractivity contribution in [3.8, 4) is 11.6 Å². The highest BCUT2D eigenvalue weighted by Gasteiger charge is 2.07. The summed E-state index contributed by atoms with van der Waals surface area (Å²) in [5.74, 6) is -0.966. The molecule has 1 heterocycles. The smallest absolute Gasteiger partial charge is 0.212 e. The SMILES string of the molecule is COc1ccc(/C=C/c2cc(F)c(O)c(C=O)c2)cn1. The first-order valence-electron chi connectivity index (χ1n) is 5.80. The van der Waals surface area contributed by atoms with Crippen molar-refractivity contribution < 1.29 is 19.0 Å². The topological polar surface area (TPSA) is 59.4 Å². The number of carbonyl (C=O) groups excluding carboxylic acids is 1. The van der Waals surface area contributed by atoms with Crippen LogP contribution in [0.5, 0.6) is 11.6 Å². The van der Waals surface area contributed by atoms with E-state index in [4.69, 9.17) is 4.74 Å².